The second kappa shape index (κ2) is 7.90. The Morgan fingerprint density at radius 1 is 1.48 bits per heavy atom. The highest BCUT2D eigenvalue weighted by molar-refractivity contribution is 14.1. The number of carbonyl (C=O) groups is 1. The van der Waals surface area contributed by atoms with Crippen LogP contribution in [0.1, 0.15) is 29.6 Å². The summed E-state index contributed by atoms with van der Waals surface area (Å²) in [4.78, 5) is 24.6. The third-order valence-electron chi connectivity index (χ3n) is 3.55. The van der Waals surface area contributed by atoms with E-state index in [9.17, 15) is 14.9 Å². The number of nitro groups is 1. The summed E-state index contributed by atoms with van der Waals surface area (Å²) in [5.74, 6) is -0.0838. The maximum absolute atomic E-state index is 12.6. The SMILES string of the molecule is Cl.NCC1CCCCN1C(=O)c1ccc([N+](=O)[O-])cc1I. The lowest BCUT2D eigenvalue weighted by Crippen LogP contribution is -2.47. The van der Waals surface area contributed by atoms with Crippen LogP contribution in [0.2, 0.25) is 0 Å². The van der Waals surface area contributed by atoms with Gasteiger partial charge in [-0.2, -0.15) is 0 Å². The van der Waals surface area contributed by atoms with Gasteiger partial charge in [-0.05, 0) is 47.9 Å². The zero-order chi connectivity index (χ0) is 14.7. The largest absolute Gasteiger partial charge is 0.334 e. The minimum absolute atomic E-state index is 0. The molecule has 0 saturated carbocycles. The summed E-state index contributed by atoms with van der Waals surface area (Å²) in [5, 5.41) is 10.7. The molecule has 116 valence electrons. The number of rotatable bonds is 3. The van der Waals surface area contributed by atoms with Gasteiger partial charge in [-0.25, -0.2) is 0 Å². The quantitative estimate of drug-likeness (QED) is 0.458. The number of hydrogen-bond donors (Lipinski definition) is 1. The van der Waals surface area contributed by atoms with Gasteiger partial charge >= 0.3 is 0 Å². The van der Waals surface area contributed by atoms with E-state index >= 15 is 0 Å². The summed E-state index contributed by atoms with van der Waals surface area (Å²) in [5.41, 5.74) is 6.24. The molecule has 6 nitrogen and oxygen atoms in total. The van der Waals surface area contributed by atoms with Crippen molar-refractivity contribution in [1.82, 2.24) is 4.90 Å². The van der Waals surface area contributed by atoms with E-state index in [0.717, 1.165) is 19.3 Å². The molecular weight excluding hydrogens is 409 g/mol. The van der Waals surface area contributed by atoms with E-state index in [1.54, 1.807) is 4.90 Å². The molecular formula is C13H17ClIN3O3. The minimum atomic E-state index is -0.458. The highest BCUT2D eigenvalue weighted by atomic mass is 127. The van der Waals surface area contributed by atoms with Crippen molar-refractivity contribution in [3.8, 4) is 0 Å². The number of piperidine rings is 1. The molecule has 1 unspecified atom stereocenters. The van der Waals surface area contributed by atoms with Gasteiger partial charge in [-0.1, -0.05) is 0 Å². The molecule has 1 saturated heterocycles. The van der Waals surface area contributed by atoms with Crippen molar-refractivity contribution in [2.75, 3.05) is 13.1 Å². The average Bonchev–Trinajstić information content (AvgIpc) is 2.46. The Bertz CT molecular complexity index is 541. The third kappa shape index (κ3) is 4.04. The number of nitrogens with zero attached hydrogens (tertiary/aromatic N) is 2. The highest BCUT2D eigenvalue weighted by Gasteiger charge is 2.28. The molecule has 1 aromatic carbocycles. The number of amides is 1. The maximum Gasteiger partial charge on any atom is 0.270 e. The molecule has 1 aromatic rings. The van der Waals surface area contributed by atoms with Gasteiger partial charge in [-0.3, -0.25) is 14.9 Å². The number of benzene rings is 1. The van der Waals surface area contributed by atoms with E-state index in [1.165, 1.54) is 18.2 Å². The van der Waals surface area contributed by atoms with Crippen molar-refractivity contribution in [1.29, 1.82) is 0 Å². The second-order valence-corrected chi connectivity index (χ2v) is 5.97. The molecule has 0 aliphatic carbocycles. The summed E-state index contributed by atoms with van der Waals surface area (Å²) in [6.07, 6.45) is 2.99. The topological polar surface area (TPSA) is 89.5 Å². The van der Waals surface area contributed by atoms with Crippen LogP contribution in [0.5, 0.6) is 0 Å². The van der Waals surface area contributed by atoms with Crippen LogP contribution in [0.15, 0.2) is 18.2 Å². The van der Waals surface area contributed by atoms with Crippen LogP contribution in [0, 0.1) is 13.7 Å². The van der Waals surface area contributed by atoms with Gasteiger partial charge in [0.05, 0.1) is 10.5 Å². The summed E-state index contributed by atoms with van der Waals surface area (Å²) in [6.45, 7) is 1.16. The van der Waals surface area contributed by atoms with Crippen LogP contribution in [0.3, 0.4) is 0 Å². The molecule has 0 spiro atoms. The Morgan fingerprint density at radius 3 is 2.76 bits per heavy atom. The molecule has 1 aliphatic rings. The van der Waals surface area contributed by atoms with Gasteiger partial charge in [0.2, 0.25) is 0 Å². The van der Waals surface area contributed by atoms with E-state index in [4.69, 9.17) is 5.73 Å². The standard InChI is InChI=1S/C13H16IN3O3.ClH/c14-12-7-9(17(19)20)4-5-11(12)13(18)16-6-2-1-3-10(16)8-15;/h4-5,7,10H,1-3,6,8,15H2;1H. The van der Waals surface area contributed by atoms with Crippen LogP contribution >= 0.6 is 35.0 Å². The number of carbonyl (C=O) groups excluding carboxylic acids is 1. The van der Waals surface area contributed by atoms with Crippen LogP contribution in [0.25, 0.3) is 0 Å². The van der Waals surface area contributed by atoms with Crippen LogP contribution in [-0.2, 0) is 0 Å². The van der Waals surface area contributed by atoms with Gasteiger partial charge in [-0.15, -0.1) is 12.4 Å². The van der Waals surface area contributed by atoms with Crippen molar-refractivity contribution >= 4 is 46.6 Å². The van der Waals surface area contributed by atoms with Crippen LogP contribution in [0.4, 0.5) is 5.69 Å². The van der Waals surface area contributed by atoms with Crippen LogP contribution < -0.4 is 5.73 Å². The monoisotopic (exact) mass is 425 g/mol. The predicted octanol–water partition coefficient (Wildman–Crippen LogP) is 2.57. The number of hydrogen-bond acceptors (Lipinski definition) is 4. The molecule has 1 heterocycles. The molecule has 0 radical (unpaired) electrons. The van der Waals surface area contributed by atoms with Crippen molar-refractivity contribution in [3.63, 3.8) is 0 Å². The first-order chi connectivity index (χ1) is 9.54. The highest BCUT2D eigenvalue weighted by Crippen LogP contribution is 2.24. The summed E-state index contributed by atoms with van der Waals surface area (Å²) < 4.78 is 0.600. The first-order valence-electron chi connectivity index (χ1n) is 6.49. The van der Waals surface area contributed by atoms with E-state index in [1.807, 2.05) is 22.6 Å². The molecule has 1 atom stereocenters. The van der Waals surface area contributed by atoms with Gasteiger partial charge < -0.3 is 10.6 Å². The van der Waals surface area contributed by atoms with Gasteiger partial charge in [0, 0.05) is 34.8 Å². The zero-order valence-electron chi connectivity index (χ0n) is 11.3. The van der Waals surface area contributed by atoms with E-state index in [0.29, 0.717) is 22.2 Å². The molecule has 0 bridgehead atoms. The van der Waals surface area contributed by atoms with Crippen LogP contribution in [-0.4, -0.2) is 34.9 Å². The molecule has 2 N–H and O–H groups in total. The number of non-ortho nitro benzene ring substituents is 1. The maximum atomic E-state index is 12.6. The first-order valence-corrected chi connectivity index (χ1v) is 7.57. The summed E-state index contributed by atoms with van der Waals surface area (Å²) >= 11 is 1.97. The Hall–Kier alpha value is -0.930. The molecule has 1 aliphatic heterocycles. The molecule has 2 rings (SSSR count). The first kappa shape index (κ1) is 18.1. The van der Waals surface area contributed by atoms with E-state index in [2.05, 4.69) is 0 Å². The normalized spacial score (nSPS) is 18.0. The van der Waals surface area contributed by atoms with Gasteiger partial charge in [0.1, 0.15) is 0 Å². The predicted molar refractivity (Wildman–Crippen MR) is 90.8 cm³/mol. The molecule has 1 fully saturated rings. The van der Waals surface area contributed by atoms with Crippen molar-refractivity contribution < 1.29 is 9.72 Å². The second-order valence-electron chi connectivity index (χ2n) is 4.81. The lowest BCUT2D eigenvalue weighted by molar-refractivity contribution is -0.384. The zero-order valence-corrected chi connectivity index (χ0v) is 14.3. The molecule has 1 amide bonds. The van der Waals surface area contributed by atoms with Gasteiger partial charge in [0.15, 0.2) is 0 Å². The Kier molecular flexibility index (Phi) is 6.82. The van der Waals surface area contributed by atoms with Crippen molar-refractivity contribution in [2.45, 2.75) is 25.3 Å². The molecule has 21 heavy (non-hydrogen) atoms. The average molecular weight is 426 g/mol. The Labute approximate surface area is 142 Å². The van der Waals surface area contributed by atoms with E-state index < -0.39 is 4.92 Å². The minimum Gasteiger partial charge on any atom is -0.334 e. The van der Waals surface area contributed by atoms with Crippen molar-refractivity contribution in [2.24, 2.45) is 5.73 Å². The Morgan fingerprint density at radius 2 is 2.19 bits per heavy atom. The lowest BCUT2D eigenvalue weighted by atomic mass is 10.0. The fourth-order valence-electron chi connectivity index (χ4n) is 2.46. The summed E-state index contributed by atoms with van der Waals surface area (Å²) in [7, 11) is 0. The fourth-order valence-corrected chi connectivity index (χ4v) is 3.19. The fraction of sp³-hybridized carbons (Fsp3) is 0.462. The molecule has 8 heteroatoms. The number of likely N-dealkylation sites (tertiary alicyclic amines) is 1. The Balaban J connectivity index is 0.00000220. The third-order valence-corrected chi connectivity index (χ3v) is 4.45. The smallest absolute Gasteiger partial charge is 0.270 e. The molecule has 0 aromatic heterocycles. The van der Waals surface area contributed by atoms with Gasteiger partial charge in [0.25, 0.3) is 11.6 Å². The van der Waals surface area contributed by atoms with E-state index in [-0.39, 0.29) is 30.0 Å². The number of nitrogens with two attached hydrogens (primary N) is 1. The lowest BCUT2D eigenvalue weighted by Gasteiger charge is -2.35. The van der Waals surface area contributed by atoms with Crippen molar-refractivity contribution in [3.05, 3.63) is 37.4 Å². The number of nitro benzene ring substituents is 1. The number of halogens is 2. The summed E-state index contributed by atoms with van der Waals surface area (Å²) in [6, 6.07) is 4.40.